The van der Waals surface area contributed by atoms with Crippen molar-refractivity contribution in [2.45, 2.75) is 39.1 Å². The van der Waals surface area contributed by atoms with Crippen LogP contribution >= 0.6 is 0 Å². The van der Waals surface area contributed by atoms with Crippen molar-refractivity contribution in [3.8, 4) is 5.75 Å². The van der Waals surface area contributed by atoms with E-state index in [0.29, 0.717) is 11.4 Å². The number of ether oxygens (including phenoxy) is 1. The van der Waals surface area contributed by atoms with E-state index in [2.05, 4.69) is 20.8 Å². The Morgan fingerprint density at radius 2 is 1.87 bits per heavy atom. The largest absolute Gasteiger partial charge is 0.488 e. The van der Waals surface area contributed by atoms with Gasteiger partial charge in [0.25, 0.3) is 0 Å². The zero-order valence-electron chi connectivity index (χ0n) is 17.0. The van der Waals surface area contributed by atoms with Gasteiger partial charge in [0.1, 0.15) is 11.9 Å². The summed E-state index contributed by atoms with van der Waals surface area (Å²) in [6.07, 6.45) is -4.25. The molecule has 158 valence electrons. The Bertz CT molecular complexity index is 1080. The van der Waals surface area contributed by atoms with Crippen molar-refractivity contribution in [1.82, 2.24) is 15.5 Å². The molecule has 0 unspecified atom stereocenters. The molecule has 1 atom stereocenters. The highest BCUT2D eigenvalue weighted by Gasteiger charge is 2.33. The van der Waals surface area contributed by atoms with E-state index in [1.165, 1.54) is 13.0 Å². The molecule has 2 aromatic carbocycles. The van der Waals surface area contributed by atoms with E-state index in [-0.39, 0.29) is 11.7 Å². The van der Waals surface area contributed by atoms with Crippen molar-refractivity contribution in [3.63, 3.8) is 0 Å². The molecule has 0 amide bonds. The summed E-state index contributed by atoms with van der Waals surface area (Å²) in [5, 5.41) is 16.6. The van der Waals surface area contributed by atoms with E-state index in [0.717, 1.165) is 41.4 Å². The highest BCUT2D eigenvalue weighted by atomic mass is 19.4. The van der Waals surface area contributed by atoms with Crippen LogP contribution in [0.1, 0.15) is 35.3 Å². The van der Waals surface area contributed by atoms with Gasteiger partial charge >= 0.3 is 6.18 Å². The lowest BCUT2D eigenvalue weighted by Gasteiger charge is -2.28. The normalized spacial score (nSPS) is 15.7. The fraction of sp³-hybridized carbons (Fsp3) is 0.364. The Balaban J connectivity index is 1.68. The number of halogens is 3. The monoisotopic (exact) mass is 416 g/mol. The maximum Gasteiger partial charge on any atom is 0.416 e. The number of nitrogens with zero attached hydrogens (tertiary/aromatic N) is 2. The van der Waals surface area contributed by atoms with Crippen molar-refractivity contribution in [2.24, 2.45) is 0 Å². The van der Waals surface area contributed by atoms with Crippen LogP contribution in [0.2, 0.25) is 0 Å². The number of aromatic nitrogens is 2. The van der Waals surface area contributed by atoms with E-state index in [4.69, 9.17) is 4.74 Å². The third-order valence-corrected chi connectivity index (χ3v) is 5.48. The van der Waals surface area contributed by atoms with Crippen LogP contribution in [0.15, 0.2) is 36.4 Å². The minimum Gasteiger partial charge on any atom is -0.488 e. The molecule has 2 heterocycles. The first-order valence-corrected chi connectivity index (χ1v) is 9.81. The van der Waals surface area contributed by atoms with Gasteiger partial charge in [-0.3, -0.25) is 0 Å². The second-order valence-electron chi connectivity index (χ2n) is 7.62. The molecule has 0 bridgehead atoms. The molecular formula is C22H23F3N4O. The highest BCUT2D eigenvalue weighted by Crippen LogP contribution is 2.36. The molecule has 1 fully saturated rings. The van der Waals surface area contributed by atoms with Crippen molar-refractivity contribution in [2.75, 3.05) is 18.4 Å². The standard InChI is InChI=1S/C22H23F3N4O/c1-12-17(5-4-6-20(12)22(23,24)25)13(2)27-21-19-9-15(30-16-10-26-11-16)7-8-18(19)14(3)28-29-21/h4-9,13,16,26H,10-11H2,1-3H3,(H,27,29)/t13-/m1/s1. The first-order chi connectivity index (χ1) is 14.2. The average molecular weight is 416 g/mol. The van der Waals surface area contributed by atoms with Crippen molar-refractivity contribution in [3.05, 3.63) is 58.8 Å². The molecule has 1 aromatic heterocycles. The minimum atomic E-state index is -4.39. The van der Waals surface area contributed by atoms with E-state index >= 15 is 0 Å². The third-order valence-electron chi connectivity index (χ3n) is 5.48. The van der Waals surface area contributed by atoms with Gasteiger partial charge in [-0.1, -0.05) is 12.1 Å². The van der Waals surface area contributed by atoms with Crippen molar-refractivity contribution >= 4 is 16.6 Å². The van der Waals surface area contributed by atoms with Gasteiger partial charge in [0.05, 0.1) is 17.3 Å². The molecule has 4 rings (SSSR count). The molecule has 1 aliphatic rings. The minimum absolute atomic E-state index is 0.140. The van der Waals surface area contributed by atoms with Gasteiger partial charge in [-0.15, -0.1) is 5.10 Å². The summed E-state index contributed by atoms with van der Waals surface area (Å²) >= 11 is 0. The smallest absolute Gasteiger partial charge is 0.416 e. The highest BCUT2D eigenvalue weighted by molar-refractivity contribution is 5.94. The van der Waals surface area contributed by atoms with Gasteiger partial charge in [0.2, 0.25) is 0 Å². The number of aryl methyl sites for hydroxylation is 1. The van der Waals surface area contributed by atoms with E-state index in [9.17, 15) is 13.2 Å². The molecule has 1 saturated heterocycles. The van der Waals surface area contributed by atoms with Crippen LogP contribution in [-0.2, 0) is 6.18 Å². The number of hydrogen-bond donors (Lipinski definition) is 2. The first-order valence-electron chi connectivity index (χ1n) is 9.81. The summed E-state index contributed by atoms with van der Waals surface area (Å²) < 4.78 is 45.8. The summed E-state index contributed by atoms with van der Waals surface area (Å²) in [7, 11) is 0. The topological polar surface area (TPSA) is 59.1 Å². The number of rotatable bonds is 5. The van der Waals surface area contributed by atoms with Crippen LogP contribution in [0.5, 0.6) is 5.75 Å². The molecule has 0 spiro atoms. The van der Waals surface area contributed by atoms with Crippen LogP contribution in [0.4, 0.5) is 19.0 Å². The molecule has 1 aliphatic heterocycles. The van der Waals surface area contributed by atoms with Gasteiger partial charge in [-0.25, -0.2) is 0 Å². The molecule has 8 heteroatoms. The lowest BCUT2D eigenvalue weighted by Crippen LogP contribution is -2.50. The summed E-state index contributed by atoms with van der Waals surface area (Å²) in [6, 6.07) is 9.58. The van der Waals surface area contributed by atoms with E-state index in [1.54, 1.807) is 6.07 Å². The number of hydrogen-bond acceptors (Lipinski definition) is 5. The van der Waals surface area contributed by atoms with Crippen LogP contribution in [0, 0.1) is 13.8 Å². The van der Waals surface area contributed by atoms with Crippen molar-refractivity contribution in [1.29, 1.82) is 0 Å². The van der Waals surface area contributed by atoms with E-state index < -0.39 is 17.8 Å². The zero-order valence-corrected chi connectivity index (χ0v) is 17.0. The number of benzene rings is 2. The number of anilines is 1. The summed E-state index contributed by atoms with van der Waals surface area (Å²) in [5.74, 6) is 1.24. The van der Waals surface area contributed by atoms with Crippen LogP contribution in [0.3, 0.4) is 0 Å². The maximum absolute atomic E-state index is 13.3. The van der Waals surface area contributed by atoms with Gasteiger partial charge in [0, 0.05) is 23.9 Å². The SMILES string of the molecule is Cc1c([C@@H](C)Nc2nnc(C)c3ccc(OC4CNC4)cc23)cccc1C(F)(F)F. The van der Waals surface area contributed by atoms with Crippen LogP contribution in [0.25, 0.3) is 10.8 Å². The van der Waals surface area contributed by atoms with Gasteiger partial charge in [0.15, 0.2) is 5.82 Å². The lowest BCUT2D eigenvalue weighted by molar-refractivity contribution is -0.138. The predicted molar refractivity (Wildman–Crippen MR) is 110 cm³/mol. The first kappa shape index (κ1) is 20.4. The maximum atomic E-state index is 13.3. The Labute approximate surface area is 172 Å². The second kappa shape index (κ2) is 7.75. The molecule has 5 nitrogen and oxygen atoms in total. The summed E-state index contributed by atoms with van der Waals surface area (Å²) in [6.45, 7) is 6.80. The Morgan fingerprint density at radius 3 is 2.53 bits per heavy atom. The Kier molecular flexibility index (Phi) is 5.27. The quantitative estimate of drug-likeness (QED) is 0.626. The lowest BCUT2D eigenvalue weighted by atomic mass is 9.97. The van der Waals surface area contributed by atoms with Crippen molar-refractivity contribution < 1.29 is 17.9 Å². The fourth-order valence-electron chi connectivity index (χ4n) is 3.70. The summed E-state index contributed by atoms with van der Waals surface area (Å²) in [4.78, 5) is 0. The van der Waals surface area contributed by atoms with Crippen LogP contribution in [-0.4, -0.2) is 29.4 Å². The molecule has 0 radical (unpaired) electrons. The third kappa shape index (κ3) is 3.92. The second-order valence-corrected chi connectivity index (χ2v) is 7.62. The van der Waals surface area contributed by atoms with E-state index in [1.807, 2.05) is 32.0 Å². The average Bonchev–Trinajstić information content (AvgIpc) is 2.66. The Hall–Kier alpha value is -2.87. The summed E-state index contributed by atoms with van der Waals surface area (Å²) in [5.41, 5.74) is 0.915. The molecule has 0 saturated carbocycles. The fourth-order valence-corrected chi connectivity index (χ4v) is 3.70. The van der Waals surface area contributed by atoms with Gasteiger partial charge in [-0.05, 0) is 56.2 Å². The number of nitrogens with one attached hydrogen (secondary N) is 2. The number of fused-ring (bicyclic) bond motifs is 1. The predicted octanol–water partition coefficient (Wildman–Crippen LogP) is 4.79. The van der Waals surface area contributed by atoms with Gasteiger partial charge in [-0.2, -0.15) is 18.3 Å². The Morgan fingerprint density at radius 1 is 1.10 bits per heavy atom. The van der Waals surface area contributed by atoms with Crippen LogP contribution < -0.4 is 15.4 Å². The molecular weight excluding hydrogens is 393 g/mol. The van der Waals surface area contributed by atoms with Gasteiger partial charge < -0.3 is 15.4 Å². The molecule has 30 heavy (non-hydrogen) atoms. The molecule has 2 N–H and O–H groups in total. The number of alkyl halides is 3. The zero-order chi connectivity index (χ0) is 21.5. The molecule has 0 aliphatic carbocycles. The molecule has 3 aromatic rings.